The minimum Gasteiger partial charge on any atom is -0.414 e. The topological polar surface area (TPSA) is 64.9 Å². The van der Waals surface area contributed by atoms with E-state index >= 15 is 0 Å². The summed E-state index contributed by atoms with van der Waals surface area (Å²) < 4.78 is 40.0. The number of halogens is 1. The van der Waals surface area contributed by atoms with E-state index in [1.54, 1.807) is 0 Å². The Morgan fingerprint density at radius 1 is 1.23 bits per heavy atom. The van der Waals surface area contributed by atoms with Crippen molar-refractivity contribution < 1.29 is 23.0 Å². The minimum atomic E-state index is -1.95. The fourth-order valence-corrected chi connectivity index (χ4v) is 5.24. The van der Waals surface area contributed by atoms with Crippen molar-refractivity contribution in [2.75, 3.05) is 6.61 Å². The van der Waals surface area contributed by atoms with Crippen molar-refractivity contribution >= 4 is 20.4 Å². The molecule has 0 aromatic rings. The van der Waals surface area contributed by atoms with E-state index in [1.807, 2.05) is 25.7 Å². The number of aliphatic imine (C=N–C) groups is 2. The van der Waals surface area contributed by atoms with Gasteiger partial charge >= 0.3 is 0 Å². The van der Waals surface area contributed by atoms with Crippen LogP contribution in [0.3, 0.4) is 0 Å². The molecule has 4 aliphatic heterocycles. The molecule has 30 heavy (non-hydrogen) atoms. The van der Waals surface area contributed by atoms with Gasteiger partial charge in [0.15, 0.2) is 20.3 Å². The lowest BCUT2D eigenvalue weighted by Crippen LogP contribution is -2.47. The average Bonchev–Trinajstić information content (AvgIpc) is 3.21. The standard InChI is InChI=1S/C21H34FN3O4Si/c1-12-15-13(22)9-25(18(15)24-11-23-12)19-17-16(28-21(5,6)29-17)14(27-19)10-26-30(7,8)20(2,3)4/h9,11,14-19H,10H2,1-8H3/t14-,15?,16?,17?,18?,19-/m1/s1. The molecule has 4 unspecified atom stereocenters. The zero-order valence-corrected chi connectivity index (χ0v) is 20.2. The number of hydrogen-bond donors (Lipinski definition) is 0. The van der Waals surface area contributed by atoms with E-state index in [0.29, 0.717) is 12.3 Å². The van der Waals surface area contributed by atoms with Gasteiger partial charge in [-0.25, -0.2) is 14.4 Å². The summed E-state index contributed by atoms with van der Waals surface area (Å²) >= 11 is 0. The van der Waals surface area contributed by atoms with Crippen molar-refractivity contribution in [1.82, 2.24) is 4.90 Å². The molecule has 4 aliphatic rings. The van der Waals surface area contributed by atoms with Gasteiger partial charge in [-0.05, 0) is 38.9 Å². The van der Waals surface area contributed by atoms with Crippen LogP contribution in [0.4, 0.5) is 4.39 Å². The molecule has 0 bridgehead atoms. The zero-order chi connectivity index (χ0) is 22.1. The Labute approximate surface area is 179 Å². The highest BCUT2D eigenvalue weighted by molar-refractivity contribution is 6.74. The first kappa shape index (κ1) is 22.1. The van der Waals surface area contributed by atoms with Crippen LogP contribution in [0.5, 0.6) is 0 Å². The summed E-state index contributed by atoms with van der Waals surface area (Å²) in [5.74, 6) is -1.46. The van der Waals surface area contributed by atoms with Crippen LogP contribution in [0.15, 0.2) is 22.0 Å². The summed E-state index contributed by atoms with van der Waals surface area (Å²) in [5.41, 5.74) is 0.711. The normalized spacial score (nSPS) is 37.8. The van der Waals surface area contributed by atoms with Gasteiger partial charge in [-0.15, -0.1) is 0 Å². The molecule has 0 N–H and O–H groups in total. The molecule has 0 saturated carbocycles. The van der Waals surface area contributed by atoms with Gasteiger partial charge in [-0.2, -0.15) is 0 Å². The van der Waals surface area contributed by atoms with Crippen molar-refractivity contribution in [3.8, 4) is 0 Å². The van der Waals surface area contributed by atoms with Crippen LogP contribution in [0, 0.1) is 5.92 Å². The molecule has 2 fully saturated rings. The lowest BCUT2D eigenvalue weighted by atomic mass is 10.0. The second kappa shape index (κ2) is 7.20. The van der Waals surface area contributed by atoms with Crippen LogP contribution in [0.1, 0.15) is 41.5 Å². The number of hydrogen-bond acceptors (Lipinski definition) is 7. The summed E-state index contributed by atoms with van der Waals surface area (Å²) in [6, 6.07) is 0. The van der Waals surface area contributed by atoms with Crippen molar-refractivity contribution in [3.63, 3.8) is 0 Å². The Kier molecular flexibility index (Phi) is 5.30. The first-order valence-corrected chi connectivity index (χ1v) is 13.6. The van der Waals surface area contributed by atoms with Crippen molar-refractivity contribution in [1.29, 1.82) is 0 Å². The van der Waals surface area contributed by atoms with Crippen molar-refractivity contribution in [3.05, 3.63) is 12.0 Å². The molecule has 0 radical (unpaired) electrons. The number of ether oxygens (including phenoxy) is 3. The summed E-state index contributed by atoms with van der Waals surface area (Å²) in [6.07, 6.45) is 1.13. The van der Waals surface area contributed by atoms with E-state index in [2.05, 4.69) is 43.9 Å². The van der Waals surface area contributed by atoms with Crippen LogP contribution in [0.2, 0.25) is 18.1 Å². The van der Waals surface area contributed by atoms with Crippen LogP contribution in [0.25, 0.3) is 0 Å². The van der Waals surface area contributed by atoms with E-state index in [1.165, 1.54) is 12.5 Å². The smallest absolute Gasteiger partial charge is 0.192 e. The third kappa shape index (κ3) is 3.68. The lowest BCUT2D eigenvalue weighted by Gasteiger charge is -2.37. The van der Waals surface area contributed by atoms with Gasteiger partial charge in [-0.3, -0.25) is 0 Å². The highest BCUT2D eigenvalue weighted by Crippen LogP contribution is 2.45. The van der Waals surface area contributed by atoms with Gasteiger partial charge in [0.05, 0.1) is 12.5 Å². The van der Waals surface area contributed by atoms with E-state index in [4.69, 9.17) is 18.6 Å². The first-order chi connectivity index (χ1) is 13.8. The Bertz CT molecular complexity index is 792. The van der Waals surface area contributed by atoms with E-state index in [0.717, 1.165) is 0 Å². The first-order valence-electron chi connectivity index (χ1n) is 10.7. The molecule has 2 saturated heterocycles. The molecule has 6 atom stereocenters. The van der Waals surface area contributed by atoms with Crippen molar-refractivity contribution in [2.45, 2.75) is 96.2 Å². The zero-order valence-electron chi connectivity index (χ0n) is 19.2. The fraction of sp³-hybridized carbons (Fsp3) is 0.810. The predicted molar refractivity (Wildman–Crippen MR) is 116 cm³/mol. The van der Waals surface area contributed by atoms with Crippen LogP contribution >= 0.6 is 0 Å². The quantitative estimate of drug-likeness (QED) is 0.623. The van der Waals surface area contributed by atoms with Crippen molar-refractivity contribution in [2.24, 2.45) is 15.9 Å². The average molecular weight is 440 g/mol. The number of nitrogens with zero attached hydrogens (tertiary/aromatic N) is 3. The van der Waals surface area contributed by atoms with E-state index < -0.39 is 32.4 Å². The van der Waals surface area contributed by atoms with Gasteiger partial charge < -0.3 is 23.5 Å². The Morgan fingerprint density at radius 3 is 2.57 bits per heavy atom. The van der Waals surface area contributed by atoms with Gasteiger partial charge in [-0.1, -0.05) is 20.8 Å². The van der Waals surface area contributed by atoms with Crippen LogP contribution < -0.4 is 0 Å². The molecular weight excluding hydrogens is 405 g/mol. The van der Waals surface area contributed by atoms with Gasteiger partial charge in [0.1, 0.15) is 36.6 Å². The lowest BCUT2D eigenvalue weighted by molar-refractivity contribution is -0.206. The predicted octanol–water partition coefficient (Wildman–Crippen LogP) is 3.82. The molecule has 4 heterocycles. The Balaban J connectivity index is 1.55. The summed E-state index contributed by atoms with van der Waals surface area (Å²) in [4.78, 5) is 10.4. The maximum absolute atomic E-state index is 14.8. The maximum atomic E-state index is 14.8. The molecule has 0 spiro atoms. The Hall–Kier alpha value is -1.13. The second-order valence-corrected chi connectivity index (χ2v) is 15.4. The number of fused-ring (bicyclic) bond motifs is 2. The summed E-state index contributed by atoms with van der Waals surface area (Å²) in [7, 11) is -1.95. The largest absolute Gasteiger partial charge is 0.414 e. The SMILES string of the molecule is CC1=NC=NC2C1C(F)=CN2[C@@H]1O[C@H](CO[Si](C)(C)C(C)(C)C)C2OC(C)(C)OC21. The third-order valence-corrected chi connectivity index (χ3v) is 11.4. The monoisotopic (exact) mass is 439 g/mol. The van der Waals surface area contributed by atoms with Gasteiger partial charge in [0, 0.05) is 11.9 Å². The highest BCUT2D eigenvalue weighted by Gasteiger charge is 2.59. The second-order valence-electron chi connectivity index (χ2n) is 10.6. The van der Waals surface area contributed by atoms with E-state index in [9.17, 15) is 4.39 Å². The Morgan fingerprint density at radius 2 is 1.90 bits per heavy atom. The van der Waals surface area contributed by atoms with E-state index in [-0.39, 0.29) is 29.2 Å². The fourth-order valence-electron chi connectivity index (χ4n) is 4.23. The maximum Gasteiger partial charge on any atom is 0.192 e. The molecule has 0 aromatic carbocycles. The molecule has 7 nitrogen and oxygen atoms in total. The number of rotatable bonds is 4. The summed E-state index contributed by atoms with van der Waals surface area (Å²) in [6.45, 7) is 17.1. The molecule has 0 amide bonds. The third-order valence-electron chi connectivity index (χ3n) is 6.94. The van der Waals surface area contributed by atoms with Crippen LogP contribution in [-0.4, -0.2) is 68.4 Å². The molecule has 0 aromatic heterocycles. The highest BCUT2D eigenvalue weighted by atomic mass is 28.4. The molecule has 4 rings (SSSR count). The molecular formula is C21H34FN3O4Si. The van der Waals surface area contributed by atoms with Crippen LogP contribution in [-0.2, 0) is 18.6 Å². The minimum absolute atomic E-state index is 0.0957. The summed E-state index contributed by atoms with van der Waals surface area (Å²) in [5, 5.41) is 0.0957. The van der Waals surface area contributed by atoms with Gasteiger partial charge in [0.2, 0.25) is 0 Å². The molecule has 0 aliphatic carbocycles. The molecule has 168 valence electrons. The molecule has 9 heteroatoms. The van der Waals surface area contributed by atoms with Gasteiger partial charge in [0.25, 0.3) is 0 Å².